The summed E-state index contributed by atoms with van der Waals surface area (Å²) in [5.74, 6) is -0.685. The lowest BCUT2D eigenvalue weighted by molar-refractivity contribution is -0.312. The van der Waals surface area contributed by atoms with Crippen LogP contribution >= 0.6 is 12.2 Å². The lowest BCUT2D eigenvalue weighted by atomic mass is 10.0. The summed E-state index contributed by atoms with van der Waals surface area (Å²) in [6.07, 6.45) is 1.15. The molecular formula is C17H21NO3S. The summed E-state index contributed by atoms with van der Waals surface area (Å²) in [6, 6.07) is 9.67. The minimum Gasteiger partial charge on any atom is -0.368 e. The Morgan fingerprint density at radius 2 is 2.23 bits per heavy atom. The third-order valence-electron chi connectivity index (χ3n) is 3.47. The van der Waals surface area contributed by atoms with Gasteiger partial charge in [-0.15, -0.1) is 6.58 Å². The first-order valence-electron chi connectivity index (χ1n) is 7.22. The first kappa shape index (κ1) is 17.0. The zero-order valence-electron chi connectivity index (χ0n) is 12.9. The van der Waals surface area contributed by atoms with Crippen molar-refractivity contribution in [2.24, 2.45) is 4.99 Å². The fourth-order valence-electron chi connectivity index (χ4n) is 2.35. The van der Waals surface area contributed by atoms with Crippen LogP contribution in [0, 0.1) is 0 Å². The molecule has 0 N–H and O–H groups in total. The highest BCUT2D eigenvalue weighted by molar-refractivity contribution is 7.78. The van der Waals surface area contributed by atoms with Gasteiger partial charge in [0.05, 0.1) is 18.4 Å². The number of aliphatic imine (C=N–C) groups is 1. The summed E-state index contributed by atoms with van der Waals surface area (Å²) in [5, 5.41) is 2.40. The topological polar surface area (TPSA) is 40.0 Å². The van der Waals surface area contributed by atoms with Gasteiger partial charge in [-0.1, -0.05) is 36.4 Å². The number of hydrogen-bond donors (Lipinski definition) is 0. The molecule has 1 fully saturated rings. The van der Waals surface area contributed by atoms with E-state index < -0.39 is 5.79 Å². The van der Waals surface area contributed by atoms with Crippen LogP contribution in [0.25, 0.3) is 0 Å². The normalized spacial score (nSPS) is 25.0. The molecule has 0 spiro atoms. The van der Waals surface area contributed by atoms with Gasteiger partial charge < -0.3 is 14.2 Å². The van der Waals surface area contributed by atoms with Crippen molar-refractivity contribution >= 4 is 17.4 Å². The van der Waals surface area contributed by atoms with E-state index in [2.05, 4.69) is 16.7 Å². The van der Waals surface area contributed by atoms with Crippen LogP contribution in [0.15, 0.2) is 48.0 Å². The lowest BCUT2D eigenvalue weighted by Gasteiger charge is -2.42. The third-order valence-corrected chi connectivity index (χ3v) is 3.57. The van der Waals surface area contributed by atoms with E-state index in [0.717, 1.165) is 5.56 Å². The van der Waals surface area contributed by atoms with Crippen LogP contribution in [0.4, 0.5) is 0 Å². The molecule has 1 aromatic rings. The van der Waals surface area contributed by atoms with Crippen LogP contribution in [-0.2, 0) is 20.8 Å². The van der Waals surface area contributed by atoms with Crippen molar-refractivity contribution in [1.29, 1.82) is 0 Å². The van der Waals surface area contributed by atoms with Crippen LogP contribution in [0.5, 0.6) is 0 Å². The van der Waals surface area contributed by atoms with Gasteiger partial charge in [-0.25, -0.2) is 4.99 Å². The average Bonchev–Trinajstić information content (AvgIpc) is 2.52. The summed E-state index contributed by atoms with van der Waals surface area (Å²) in [6.45, 7) is 8.46. The van der Waals surface area contributed by atoms with Crippen molar-refractivity contribution in [2.45, 2.75) is 44.5 Å². The van der Waals surface area contributed by atoms with Gasteiger partial charge in [-0.05, 0) is 31.6 Å². The summed E-state index contributed by atoms with van der Waals surface area (Å²) in [4.78, 5) is 4.12. The SMILES string of the molecule is C=C[C@H](N=C=S)[C@@H]1OC(C)(C)OC[C@H]1OCc1ccccc1. The number of hydrogen-bond acceptors (Lipinski definition) is 5. The average molecular weight is 319 g/mol. The molecule has 0 aromatic heterocycles. The highest BCUT2D eigenvalue weighted by Gasteiger charge is 2.40. The van der Waals surface area contributed by atoms with E-state index in [9.17, 15) is 0 Å². The summed E-state index contributed by atoms with van der Waals surface area (Å²) < 4.78 is 17.7. The molecule has 0 unspecified atom stereocenters. The van der Waals surface area contributed by atoms with E-state index in [4.69, 9.17) is 26.4 Å². The Morgan fingerprint density at radius 1 is 1.50 bits per heavy atom. The second kappa shape index (κ2) is 7.77. The van der Waals surface area contributed by atoms with Gasteiger partial charge in [0.25, 0.3) is 0 Å². The first-order valence-corrected chi connectivity index (χ1v) is 7.63. The fraction of sp³-hybridized carbons (Fsp3) is 0.471. The maximum atomic E-state index is 5.98. The van der Waals surface area contributed by atoms with Gasteiger partial charge in [0, 0.05) is 0 Å². The summed E-state index contributed by atoms with van der Waals surface area (Å²) in [7, 11) is 0. The molecule has 3 atom stereocenters. The standard InChI is InChI=1S/C17H21NO3S/c1-4-14(18-12-22)16-15(11-20-17(2,3)21-16)19-10-13-8-6-5-7-9-13/h4-9,14-16H,1,10-11H2,2-3H3/t14-,15+,16-/m0/s1. The molecule has 1 aliphatic rings. The second-order valence-corrected chi connectivity index (χ2v) is 5.76. The lowest BCUT2D eigenvalue weighted by Crippen LogP contribution is -2.53. The molecule has 0 saturated carbocycles. The van der Waals surface area contributed by atoms with Crippen molar-refractivity contribution < 1.29 is 14.2 Å². The molecule has 1 saturated heterocycles. The Labute approximate surface area is 136 Å². The number of benzene rings is 1. The van der Waals surface area contributed by atoms with E-state index in [-0.39, 0.29) is 18.2 Å². The Morgan fingerprint density at radius 3 is 2.86 bits per heavy atom. The monoisotopic (exact) mass is 319 g/mol. The van der Waals surface area contributed by atoms with Crippen molar-refractivity contribution in [3.8, 4) is 0 Å². The number of isothiocyanates is 1. The van der Waals surface area contributed by atoms with E-state index in [1.54, 1.807) is 6.08 Å². The van der Waals surface area contributed by atoms with Crippen LogP contribution in [0.2, 0.25) is 0 Å². The third kappa shape index (κ3) is 4.57. The second-order valence-electron chi connectivity index (χ2n) is 5.58. The molecular weight excluding hydrogens is 298 g/mol. The number of nitrogens with zero attached hydrogens (tertiary/aromatic N) is 1. The largest absolute Gasteiger partial charge is 0.368 e. The molecule has 0 aliphatic carbocycles. The molecule has 2 rings (SSSR count). The molecule has 0 radical (unpaired) electrons. The predicted octanol–water partition coefficient (Wildman–Crippen LogP) is 3.38. The van der Waals surface area contributed by atoms with Crippen molar-refractivity contribution in [3.63, 3.8) is 0 Å². The quantitative estimate of drug-likeness (QED) is 0.458. The van der Waals surface area contributed by atoms with Gasteiger partial charge in [0.15, 0.2) is 5.79 Å². The van der Waals surface area contributed by atoms with Crippen LogP contribution in [-0.4, -0.2) is 35.8 Å². The Hall–Kier alpha value is -1.36. The Balaban J connectivity index is 2.09. The fourth-order valence-corrected chi connectivity index (χ4v) is 2.47. The molecule has 4 nitrogen and oxygen atoms in total. The van der Waals surface area contributed by atoms with Gasteiger partial charge in [-0.3, -0.25) is 0 Å². The minimum atomic E-state index is -0.685. The zero-order chi connectivity index (χ0) is 16.0. The molecule has 1 heterocycles. The minimum absolute atomic E-state index is 0.247. The van der Waals surface area contributed by atoms with Crippen LogP contribution in [0.1, 0.15) is 19.4 Å². The van der Waals surface area contributed by atoms with Gasteiger partial charge in [0.2, 0.25) is 0 Å². The number of thiocarbonyl (C=S) groups is 1. The Kier molecular flexibility index (Phi) is 6.00. The number of ether oxygens (including phenoxy) is 3. The molecule has 0 amide bonds. The molecule has 1 aliphatic heterocycles. The highest BCUT2D eigenvalue weighted by Crippen LogP contribution is 2.28. The predicted molar refractivity (Wildman–Crippen MR) is 88.9 cm³/mol. The van der Waals surface area contributed by atoms with Crippen LogP contribution < -0.4 is 0 Å². The molecule has 118 valence electrons. The van der Waals surface area contributed by atoms with Crippen molar-refractivity contribution in [2.75, 3.05) is 6.61 Å². The number of rotatable bonds is 6. The first-order chi connectivity index (χ1) is 10.6. The maximum absolute atomic E-state index is 5.98. The highest BCUT2D eigenvalue weighted by atomic mass is 32.1. The zero-order valence-corrected chi connectivity index (χ0v) is 13.7. The Bertz CT molecular complexity index is 540. The van der Waals surface area contributed by atoms with Crippen molar-refractivity contribution in [1.82, 2.24) is 0 Å². The van der Waals surface area contributed by atoms with Crippen LogP contribution in [0.3, 0.4) is 0 Å². The molecule has 1 aromatic carbocycles. The summed E-state index contributed by atoms with van der Waals surface area (Å²) in [5.41, 5.74) is 1.10. The van der Waals surface area contributed by atoms with Gasteiger partial charge in [0.1, 0.15) is 18.2 Å². The van der Waals surface area contributed by atoms with E-state index in [0.29, 0.717) is 13.2 Å². The van der Waals surface area contributed by atoms with Gasteiger partial charge >= 0.3 is 0 Å². The summed E-state index contributed by atoms with van der Waals surface area (Å²) >= 11 is 4.71. The maximum Gasteiger partial charge on any atom is 0.163 e. The van der Waals surface area contributed by atoms with E-state index in [1.165, 1.54) is 0 Å². The molecule has 5 heteroatoms. The molecule has 22 heavy (non-hydrogen) atoms. The van der Waals surface area contributed by atoms with E-state index in [1.807, 2.05) is 44.2 Å². The van der Waals surface area contributed by atoms with Gasteiger partial charge in [-0.2, -0.15) is 0 Å². The van der Waals surface area contributed by atoms with Crippen molar-refractivity contribution in [3.05, 3.63) is 48.6 Å². The van der Waals surface area contributed by atoms with E-state index >= 15 is 0 Å². The molecule has 0 bridgehead atoms. The smallest absolute Gasteiger partial charge is 0.163 e.